The van der Waals surface area contributed by atoms with Crippen molar-refractivity contribution in [1.82, 2.24) is 15.1 Å². The van der Waals surface area contributed by atoms with Crippen LogP contribution in [-0.2, 0) is 4.79 Å². The van der Waals surface area contributed by atoms with Crippen molar-refractivity contribution in [3.05, 3.63) is 57.8 Å². The van der Waals surface area contributed by atoms with Gasteiger partial charge in [-0.2, -0.15) is 0 Å². The van der Waals surface area contributed by atoms with Crippen LogP contribution in [0.25, 0.3) is 0 Å². The second kappa shape index (κ2) is 10.7. The number of rotatable bonds is 10. The molecule has 0 saturated heterocycles. The third kappa shape index (κ3) is 4.93. The number of unbranched alkanes of at least 4 members (excludes halogenated alkanes) is 1. The molecule has 0 saturated carbocycles. The first kappa shape index (κ1) is 22.5. The summed E-state index contributed by atoms with van der Waals surface area (Å²) in [4.78, 5) is 31.5. The molecule has 2 aromatic rings. The molecule has 0 aliphatic carbocycles. The second-order valence-electron chi connectivity index (χ2n) is 7.87. The predicted octanol–water partition coefficient (Wildman–Crippen LogP) is 4.29. The summed E-state index contributed by atoms with van der Waals surface area (Å²) in [6.45, 7) is 8.19. The zero-order valence-electron chi connectivity index (χ0n) is 18.3. The maximum atomic E-state index is 13.3. The van der Waals surface area contributed by atoms with Crippen LogP contribution in [0.3, 0.4) is 0 Å². The number of benzene rings is 1. The number of carbonyl (C=O) groups excluding carboxylic acids is 2. The first-order valence-electron chi connectivity index (χ1n) is 11.0. The molecule has 30 heavy (non-hydrogen) atoms. The van der Waals surface area contributed by atoms with Gasteiger partial charge >= 0.3 is 0 Å². The molecule has 0 bridgehead atoms. The summed E-state index contributed by atoms with van der Waals surface area (Å²) >= 11 is 1.59. The standard InChI is InChI=1S/C24H33N3O2S/c1-4-6-15-27(5-2)16-10-14-25-23(28)21-18-11-7-8-12-19(18)24(29)26(3)22(21)20-13-9-17-30-20/h7-9,11-13,17,21-22H,4-6,10,14-16H2,1-3H3,(H,25,28). The number of nitrogens with one attached hydrogen (secondary N) is 1. The minimum Gasteiger partial charge on any atom is -0.355 e. The summed E-state index contributed by atoms with van der Waals surface area (Å²) in [5.74, 6) is -0.427. The van der Waals surface area contributed by atoms with E-state index in [9.17, 15) is 9.59 Å². The second-order valence-corrected chi connectivity index (χ2v) is 8.85. The van der Waals surface area contributed by atoms with Crippen LogP contribution in [0.5, 0.6) is 0 Å². The Morgan fingerprint density at radius 2 is 1.90 bits per heavy atom. The van der Waals surface area contributed by atoms with Crippen molar-refractivity contribution in [2.45, 2.75) is 45.1 Å². The van der Waals surface area contributed by atoms with Crippen LogP contribution >= 0.6 is 11.3 Å². The maximum Gasteiger partial charge on any atom is 0.254 e. The number of fused-ring (bicyclic) bond motifs is 1. The summed E-state index contributed by atoms with van der Waals surface area (Å²) in [7, 11) is 1.80. The third-order valence-electron chi connectivity index (χ3n) is 5.92. The largest absolute Gasteiger partial charge is 0.355 e. The average Bonchev–Trinajstić information content (AvgIpc) is 3.29. The number of likely N-dealkylation sites (N-methyl/N-ethyl adjacent to an activating group) is 1. The van der Waals surface area contributed by atoms with E-state index < -0.39 is 5.92 Å². The van der Waals surface area contributed by atoms with E-state index in [4.69, 9.17) is 0 Å². The number of thiophene rings is 1. The Labute approximate surface area is 184 Å². The topological polar surface area (TPSA) is 52.7 Å². The number of hydrogen-bond donors (Lipinski definition) is 1. The SMILES string of the molecule is CCCCN(CC)CCCNC(=O)C1c2ccccc2C(=O)N(C)C1c1cccs1. The van der Waals surface area contributed by atoms with Crippen molar-refractivity contribution < 1.29 is 9.59 Å². The smallest absolute Gasteiger partial charge is 0.254 e. The first-order valence-corrected chi connectivity index (χ1v) is 11.9. The van der Waals surface area contributed by atoms with Crippen LogP contribution in [-0.4, -0.2) is 54.8 Å². The van der Waals surface area contributed by atoms with Crippen LogP contribution < -0.4 is 5.32 Å². The third-order valence-corrected chi connectivity index (χ3v) is 6.87. The lowest BCUT2D eigenvalue weighted by atomic mass is 9.81. The van der Waals surface area contributed by atoms with Gasteiger partial charge in [0, 0.05) is 24.0 Å². The van der Waals surface area contributed by atoms with E-state index in [1.807, 2.05) is 41.8 Å². The van der Waals surface area contributed by atoms with Gasteiger partial charge in [-0.1, -0.05) is 44.5 Å². The molecule has 3 rings (SSSR count). The van der Waals surface area contributed by atoms with Crippen LogP contribution in [0.2, 0.25) is 0 Å². The summed E-state index contributed by atoms with van der Waals surface area (Å²) in [5, 5.41) is 5.16. The molecule has 2 unspecified atom stereocenters. The Bertz CT molecular complexity index is 837. The van der Waals surface area contributed by atoms with E-state index in [0.717, 1.165) is 36.5 Å². The van der Waals surface area contributed by atoms with Gasteiger partial charge in [-0.05, 0) is 55.6 Å². The Balaban J connectivity index is 1.73. The fourth-order valence-corrected chi connectivity index (χ4v) is 5.11. The monoisotopic (exact) mass is 427 g/mol. The molecule has 1 N–H and O–H groups in total. The van der Waals surface area contributed by atoms with E-state index in [-0.39, 0.29) is 17.9 Å². The molecule has 2 heterocycles. The van der Waals surface area contributed by atoms with Gasteiger partial charge in [0.05, 0.1) is 12.0 Å². The molecule has 2 amide bonds. The predicted molar refractivity (Wildman–Crippen MR) is 123 cm³/mol. The number of amides is 2. The molecule has 1 aliphatic heterocycles. The minimum absolute atomic E-state index is 0.00296. The maximum absolute atomic E-state index is 13.3. The normalized spacial score (nSPS) is 18.5. The van der Waals surface area contributed by atoms with Crippen molar-refractivity contribution >= 4 is 23.2 Å². The van der Waals surface area contributed by atoms with E-state index >= 15 is 0 Å². The molecular weight excluding hydrogens is 394 g/mol. The van der Waals surface area contributed by atoms with Crippen molar-refractivity contribution in [2.75, 3.05) is 33.2 Å². The average molecular weight is 428 g/mol. The molecule has 6 heteroatoms. The highest BCUT2D eigenvalue weighted by molar-refractivity contribution is 7.10. The lowest BCUT2D eigenvalue weighted by Crippen LogP contribution is -2.45. The van der Waals surface area contributed by atoms with Gasteiger partial charge < -0.3 is 15.1 Å². The summed E-state index contributed by atoms with van der Waals surface area (Å²) in [6.07, 6.45) is 3.34. The molecule has 162 valence electrons. The first-order chi connectivity index (χ1) is 14.6. The Hall–Kier alpha value is -2.18. The minimum atomic E-state index is -0.398. The Morgan fingerprint density at radius 1 is 1.13 bits per heavy atom. The summed E-state index contributed by atoms with van der Waals surface area (Å²) < 4.78 is 0. The molecule has 2 atom stereocenters. The molecule has 0 spiro atoms. The van der Waals surface area contributed by atoms with Gasteiger partial charge in [-0.15, -0.1) is 11.3 Å². The van der Waals surface area contributed by atoms with Gasteiger partial charge in [0.2, 0.25) is 5.91 Å². The molecule has 0 fully saturated rings. The Kier molecular flexibility index (Phi) is 8.05. The van der Waals surface area contributed by atoms with E-state index in [1.165, 1.54) is 12.8 Å². The fourth-order valence-electron chi connectivity index (χ4n) is 4.21. The summed E-state index contributed by atoms with van der Waals surface area (Å²) in [6, 6.07) is 11.2. The van der Waals surface area contributed by atoms with Crippen molar-refractivity contribution in [3.63, 3.8) is 0 Å². The van der Waals surface area contributed by atoms with Gasteiger partial charge in [-0.3, -0.25) is 9.59 Å². The number of nitrogens with zero attached hydrogens (tertiary/aromatic N) is 2. The van der Waals surface area contributed by atoms with Gasteiger partial charge in [-0.25, -0.2) is 0 Å². The lowest BCUT2D eigenvalue weighted by Gasteiger charge is -2.39. The molecule has 1 aliphatic rings. The molecular formula is C24H33N3O2S. The van der Waals surface area contributed by atoms with Gasteiger partial charge in [0.1, 0.15) is 0 Å². The van der Waals surface area contributed by atoms with Gasteiger partial charge in [0.25, 0.3) is 5.91 Å². The molecule has 1 aromatic heterocycles. The Morgan fingerprint density at radius 3 is 2.60 bits per heavy atom. The highest BCUT2D eigenvalue weighted by atomic mass is 32.1. The van der Waals surface area contributed by atoms with E-state index in [1.54, 1.807) is 23.3 Å². The highest BCUT2D eigenvalue weighted by Gasteiger charge is 2.42. The molecule has 1 aromatic carbocycles. The van der Waals surface area contributed by atoms with Crippen LogP contribution in [0.15, 0.2) is 41.8 Å². The number of hydrogen-bond acceptors (Lipinski definition) is 4. The van der Waals surface area contributed by atoms with Crippen LogP contribution in [0, 0.1) is 0 Å². The van der Waals surface area contributed by atoms with E-state index in [2.05, 4.69) is 24.1 Å². The highest BCUT2D eigenvalue weighted by Crippen LogP contribution is 2.43. The van der Waals surface area contributed by atoms with Crippen molar-refractivity contribution in [2.24, 2.45) is 0 Å². The lowest BCUT2D eigenvalue weighted by molar-refractivity contribution is -0.124. The van der Waals surface area contributed by atoms with E-state index in [0.29, 0.717) is 12.1 Å². The van der Waals surface area contributed by atoms with Crippen molar-refractivity contribution in [3.8, 4) is 0 Å². The van der Waals surface area contributed by atoms with Gasteiger partial charge in [0.15, 0.2) is 0 Å². The quantitative estimate of drug-likeness (QED) is 0.576. The summed E-state index contributed by atoms with van der Waals surface area (Å²) in [5.41, 5.74) is 1.46. The van der Waals surface area contributed by atoms with Crippen LogP contribution in [0.1, 0.15) is 65.9 Å². The van der Waals surface area contributed by atoms with Crippen molar-refractivity contribution in [1.29, 1.82) is 0 Å². The zero-order chi connectivity index (χ0) is 21.5. The number of carbonyl (C=O) groups is 2. The van der Waals surface area contributed by atoms with Crippen LogP contribution in [0.4, 0.5) is 0 Å². The molecule has 5 nitrogen and oxygen atoms in total. The molecule has 0 radical (unpaired) electrons. The zero-order valence-corrected chi connectivity index (χ0v) is 19.1. The fraction of sp³-hybridized carbons (Fsp3) is 0.500.